The number of carbonyl (C=O) groups excluding carboxylic acids is 1. The number of alkyl halides is 11. The third-order valence-electron chi connectivity index (χ3n) is 2.15. The molecule has 0 aliphatic heterocycles. The molecule has 0 spiro atoms. The molecule has 0 fully saturated rings. The second-order valence-corrected chi connectivity index (χ2v) is 3.92. The van der Waals surface area contributed by atoms with Crippen molar-refractivity contribution in [2.45, 2.75) is 37.0 Å². The maximum atomic E-state index is 13.0. The van der Waals surface area contributed by atoms with E-state index in [0.29, 0.717) is 6.92 Å². The van der Waals surface area contributed by atoms with Crippen molar-refractivity contribution in [1.29, 1.82) is 0 Å². The Labute approximate surface area is 114 Å². The molecule has 13 heteroatoms. The molecule has 0 heterocycles. The van der Waals surface area contributed by atoms with E-state index in [1.54, 1.807) is 0 Å². The highest BCUT2D eigenvalue weighted by atomic mass is 19.4. The van der Waals surface area contributed by atoms with Gasteiger partial charge in [0.15, 0.2) is 0 Å². The number of halogens is 11. The van der Waals surface area contributed by atoms with Gasteiger partial charge in [0.1, 0.15) is 0 Å². The van der Waals surface area contributed by atoms with Crippen LogP contribution in [-0.2, 0) is 9.53 Å². The van der Waals surface area contributed by atoms with Gasteiger partial charge in [0, 0.05) is 5.57 Å². The highest BCUT2D eigenvalue weighted by Gasteiger charge is 2.91. The van der Waals surface area contributed by atoms with Crippen LogP contribution in [-0.4, -0.2) is 36.0 Å². The maximum absolute atomic E-state index is 13.0. The highest BCUT2D eigenvalue weighted by Crippen LogP contribution is 2.59. The summed E-state index contributed by atoms with van der Waals surface area (Å²) in [6, 6.07) is 0. The van der Waals surface area contributed by atoms with Gasteiger partial charge in [0.05, 0.1) is 0 Å². The number of esters is 1. The van der Waals surface area contributed by atoms with Crippen LogP contribution in [0.4, 0.5) is 48.3 Å². The Hall–Kier alpha value is -1.56. The smallest absolute Gasteiger partial charge is 0.393 e. The van der Waals surface area contributed by atoms with E-state index in [1.165, 1.54) is 0 Å². The van der Waals surface area contributed by atoms with Gasteiger partial charge in [0.25, 0.3) is 0 Å². The average molecular weight is 354 g/mol. The second-order valence-electron chi connectivity index (χ2n) is 3.92. The minimum atomic E-state index is -7.66. The van der Waals surface area contributed by atoms with Crippen LogP contribution in [0.25, 0.3) is 0 Å². The molecule has 0 unspecified atom stereocenters. The minimum absolute atomic E-state index is 0.576. The molecule has 0 amide bonds. The van der Waals surface area contributed by atoms with Crippen molar-refractivity contribution in [2.75, 3.05) is 0 Å². The van der Waals surface area contributed by atoms with E-state index in [2.05, 4.69) is 11.3 Å². The number of hydrogen-bond donors (Lipinski definition) is 0. The fourth-order valence-electron chi connectivity index (χ4n) is 0.985. The molecule has 0 bridgehead atoms. The fourth-order valence-corrected chi connectivity index (χ4v) is 0.985. The van der Waals surface area contributed by atoms with Crippen molar-refractivity contribution < 1.29 is 57.8 Å². The quantitative estimate of drug-likeness (QED) is 0.430. The van der Waals surface area contributed by atoms with Crippen molar-refractivity contribution in [2.24, 2.45) is 0 Å². The molecule has 0 N–H and O–H groups in total. The van der Waals surface area contributed by atoms with Crippen molar-refractivity contribution in [3.05, 3.63) is 12.2 Å². The van der Waals surface area contributed by atoms with Crippen molar-refractivity contribution in [1.82, 2.24) is 0 Å². The van der Waals surface area contributed by atoms with Gasteiger partial charge in [-0.1, -0.05) is 6.58 Å². The van der Waals surface area contributed by atoms with Crippen molar-refractivity contribution in [3.8, 4) is 0 Å². The largest absolute Gasteiger partial charge is 0.470 e. The predicted octanol–water partition coefficient (Wildman–Crippen LogP) is 4.17. The van der Waals surface area contributed by atoms with Crippen molar-refractivity contribution in [3.63, 3.8) is 0 Å². The van der Waals surface area contributed by atoms with Gasteiger partial charge in [-0.3, -0.25) is 0 Å². The van der Waals surface area contributed by atoms with Crippen LogP contribution in [0.1, 0.15) is 6.92 Å². The SMILES string of the molecule is C=C(C)C(=O)OC(F)(F)C(F)(F)C(F)(C(F)(F)F)C(F)(F)F. The van der Waals surface area contributed by atoms with Crippen LogP contribution < -0.4 is 0 Å². The first-order valence-electron chi connectivity index (χ1n) is 4.79. The van der Waals surface area contributed by atoms with E-state index in [-0.39, 0.29) is 0 Å². The summed E-state index contributed by atoms with van der Waals surface area (Å²) in [5.74, 6) is -9.95. The van der Waals surface area contributed by atoms with Crippen LogP contribution >= 0.6 is 0 Å². The normalized spacial score (nSPS) is 14.7. The number of carbonyl (C=O) groups is 1. The zero-order valence-corrected chi connectivity index (χ0v) is 10.2. The molecule has 0 radical (unpaired) electrons. The van der Waals surface area contributed by atoms with Gasteiger partial charge >= 0.3 is 36.0 Å². The van der Waals surface area contributed by atoms with E-state index in [9.17, 15) is 53.1 Å². The Morgan fingerprint density at radius 1 is 0.818 bits per heavy atom. The molecular weight excluding hydrogens is 349 g/mol. The molecule has 2 nitrogen and oxygen atoms in total. The molecule has 0 atom stereocenters. The summed E-state index contributed by atoms with van der Waals surface area (Å²) in [6.45, 7) is 3.17. The molecule has 0 aromatic rings. The van der Waals surface area contributed by atoms with Crippen LogP contribution in [0.3, 0.4) is 0 Å². The Morgan fingerprint density at radius 3 is 1.36 bits per heavy atom. The van der Waals surface area contributed by atoms with E-state index in [4.69, 9.17) is 0 Å². The Morgan fingerprint density at radius 2 is 1.14 bits per heavy atom. The maximum Gasteiger partial charge on any atom is 0.470 e. The van der Waals surface area contributed by atoms with Crippen molar-refractivity contribution >= 4 is 5.97 Å². The lowest BCUT2D eigenvalue weighted by atomic mass is 9.94. The van der Waals surface area contributed by atoms with Crippen LogP contribution in [0, 0.1) is 0 Å². The first-order chi connectivity index (χ1) is 9.33. The standard InChI is InChI=1S/C9H5F11O2/c1-3(2)4(21)22-9(19,20)6(11,12)5(10,7(13,14)15)8(16,17)18/h1H2,2H3. The molecule has 0 aromatic heterocycles. The third-order valence-corrected chi connectivity index (χ3v) is 2.15. The van der Waals surface area contributed by atoms with E-state index >= 15 is 0 Å². The lowest BCUT2D eigenvalue weighted by Crippen LogP contribution is -2.70. The Bertz CT molecular complexity index is 445. The zero-order valence-electron chi connectivity index (χ0n) is 10.2. The predicted molar refractivity (Wildman–Crippen MR) is 46.7 cm³/mol. The first-order valence-corrected chi connectivity index (χ1v) is 4.79. The lowest BCUT2D eigenvalue weighted by Gasteiger charge is -2.38. The van der Waals surface area contributed by atoms with E-state index in [1.807, 2.05) is 0 Å². The number of ether oxygens (including phenoxy) is 1. The van der Waals surface area contributed by atoms with E-state index < -0.39 is 41.6 Å². The summed E-state index contributed by atoms with van der Waals surface area (Å²) >= 11 is 0. The van der Waals surface area contributed by atoms with Gasteiger partial charge in [-0.25, -0.2) is 9.18 Å². The first kappa shape index (κ1) is 20.4. The molecular formula is C9H5F11O2. The van der Waals surface area contributed by atoms with Gasteiger partial charge in [-0.15, -0.1) is 0 Å². The van der Waals surface area contributed by atoms with Crippen LogP contribution in [0.15, 0.2) is 12.2 Å². The highest BCUT2D eigenvalue weighted by molar-refractivity contribution is 5.87. The molecule has 0 aliphatic rings. The van der Waals surface area contributed by atoms with E-state index in [0.717, 1.165) is 0 Å². The number of rotatable bonds is 4. The Kier molecular flexibility index (Phi) is 4.89. The van der Waals surface area contributed by atoms with Gasteiger partial charge < -0.3 is 4.74 Å². The number of hydrogen-bond acceptors (Lipinski definition) is 2. The lowest BCUT2D eigenvalue weighted by molar-refractivity contribution is -0.455. The molecule has 0 aliphatic carbocycles. The molecule has 130 valence electrons. The van der Waals surface area contributed by atoms with Gasteiger partial charge in [0.2, 0.25) is 0 Å². The molecule has 0 aromatic carbocycles. The third kappa shape index (κ3) is 2.97. The van der Waals surface area contributed by atoms with Gasteiger partial charge in [-0.2, -0.15) is 43.9 Å². The average Bonchev–Trinajstić information content (AvgIpc) is 2.23. The molecule has 0 saturated carbocycles. The zero-order chi connectivity index (χ0) is 18.4. The summed E-state index contributed by atoms with van der Waals surface area (Å²) in [5.41, 5.74) is -8.72. The topological polar surface area (TPSA) is 26.3 Å². The fraction of sp³-hybridized carbons (Fsp3) is 0.667. The molecule has 0 saturated heterocycles. The monoisotopic (exact) mass is 354 g/mol. The van der Waals surface area contributed by atoms with Crippen LogP contribution in [0.5, 0.6) is 0 Å². The summed E-state index contributed by atoms with van der Waals surface area (Å²) in [6.07, 6.45) is -21.7. The molecule has 22 heavy (non-hydrogen) atoms. The summed E-state index contributed by atoms with van der Waals surface area (Å²) in [5, 5.41) is 0. The summed E-state index contributed by atoms with van der Waals surface area (Å²) in [4.78, 5) is 10.6. The van der Waals surface area contributed by atoms with Crippen LogP contribution in [0.2, 0.25) is 0 Å². The minimum Gasteiger partial charge on any atom is -0.393 e. The Balaban J connectivity index is 6.14. The summed E-state index contributed by atoms with van der Waals surface area (Å²) < 4.78 is 140. The summed E-state index contributed by atoms with van der Waals surface area (Å²) in [7, 11) is 0. The molecule has 0 rings (SSSR count). The van der Waals surface area contributed by atoms with Gasteiger partial charge in [-0.05, 0) is 6.92 Å². The second kappa shape index (κ2) is 5.26.